The molecule has 1 aliphatic heterocycles. The third kappa shape index (κ3) is 2.83. The molecular weight excluding hydrogens is 266 g/mol. The van der Waals surface area contributed by atoms with Crippen molar-refractivity contribution in [2.45, 2.75) is 13.8 Å². The van der Waals surface area contributed by atoms with Gasteiger partial charge < -0.3 is 9.64 Å². The van der Waals surface area contributed by atoms with E-state index < -0.39 is 0 Å². The maximum Gasteiger partial charge on any atom is 0.254 e. The van der Waals surface area contributed by atoms with Crippen LogP contribution in [-0.4, -0.2) is 46.9 Å². The Morgan fingerprint density at radius 1 is 1.19 bits per heavy atom. The van der Waals surface area contributed by atoms with Crippen molar-refractivity contribution in [1.29, 1.82) is 0 Å². The van der Waals surface area contributed by atoms with Crippen LogP contribution >= 0.6 is 0 Å². The van der Waals surface area contributed by atoms with Gasteiger partial charge in [0.2, 0.25) is 0 Å². The summed E-state index contributed by atoms with van der Waals surface area (Å²) in [5, 5.41) is 4.47. The average molecular weight is 285 g/mol. The van der Waals surface area contributed by atoms with Crippen LogP contribution in [0.4, 0.5) is 0 Å². The highest BCUT2D eigenvalue weighted by Gasteiger charge is 2.19. The molecule has 2 heterocycles. The van der Waals surface area contributed by atoms with Crippen LogP contribution in [0.1, 0.15) is 21.7 Å². The zero-order chi connectivity index (χ0) is 14.8. The quantitative estimate of drug-likeness (QED) is 0.847. The first kappa shape index (κ1) is 13.8. The highest BCUT2D eigenvalue weighted by molar-refractivity contribution is 5.94. The second-order valence-corrected chi connectivity index (χ2v) is 5.29. The lowest BCUT2D eigenvalue weighted by molar-refractivity contribution is 0.0303. The summed E-state index contributed by atoms with van der Waals surface area (Å²) in [6, 6.07) is 9.65. The normalized spacial score (nSPS) is 15.2. The summed E-state index contributed by atoms with van der Waals surface area (Å²) < 4.78 is 7.16. The minimum atomic E-state index is 0.0571. The fraction of sp³-hybridized carbons (Fsp3) is 0.375. The van der Waals surface area contributed by atoms with E-state index in [0.717, 1.165) is 17.1 Å². The molecule has 0 atom stereocenters. The highest BCUT2D eigenvalue weighted by atomic mass is 16.5. The fourth-order valence-electron chi connectivity index (χ4n) is 2.61. The molecule has 1 fully saturated rings. The Kier molecular flexibility index (Phi) is 3.75. The van der Waals surface area contributed by atoms with Gasteiger partial charge in [-0.2, -0.15) is 5.10 Å². The van der Waals surface area contributed by atoms with Crippen molar-refractivity contribution in [1.82, 2.24) is 14.7 Å². The van der Waals surface area contributed by atoms with Gasteiger partial charge in [0.05, 0.1) is 24.6 Å². The van der Waals surface area contributed by atoms with Gasteiger partial charge in [0, 0.05) is 24.3 Å². The van der Waals surface area contributed by atoms with Gasteiger partial charge in [-0.25, -0.2) is 4.68 Å². The van der Waals surface area contributed by atoms with Gasteiger partial charge in [-0.1, -0.05) is 6.07 Å². The summed E-state index contributed by atoms with van der Waals surface area (Å²) in [6.07, 6.45) is 0. The predicted molar refractivity (Wildman–Crippen MR) is 79.8 cm³/mol. The Balaban J connectivity index is 1.89. The van der Waals surface area contributed by atoms with Gasteiger partial charge >= 0.3 is 0 Å². The monoisotopic (exact) mass is 285 g/mol. The Hall–Kier alpha value is -2.14. The van der Waals surface area contributed by atoms with E-state index >= 15 is 0 Å². The summed E-state index contributed by atoms with van der Waals surface area (Å²) in [4.78, 5) is 14.4. The van der Waals surface area contributed by atoms with Gasteiger partial charge in [0.1, 0.15) is 0 Å². The number of carbonyl (C=O) groups excluding carboxylic acids is 1. The molecular formula is C16H19N3O2. The number of aromatic nitrogens is 2. The molecule has 3 rings (SSSR count). The number of ether oxygens (including phenoxy) is 1. The van der Waals surface area contributed by atoms with Gasteiger partial charge in [-0.3, -0.25) is 4.79 Å². The Morgan fingerprint density at radius 3 is 2.62 bits per heavy atom. The largest absolute Gasteiger partial charge is 0.378 e. The van der Waals surface area contributed by atoms with E-state index in [0.29, 0.717) is 31.9 Å². The Bertz CT molecular complexity index is 657. The smallest absolute Gasteiger partial charge is 0.254 e. The summed E-state index contributed by atoms with van der Waals surface area (Å²) >= 11 is 0. The molecule has 0 bridgehead atoms. The lowest BCUT2D eigenvalue weighted by Gasteiger charge is -2.27. The molecule has 0 unspecified atom stereocenters. The van der Waals surface area contributed by atoms with E-state index in [-0.39, 0.29) is 5.91 Å². The summed E-state index contributed by atoms with van der Waals surface area (Å²) in [6.45, 7) is 6.51. The molecule has 21 heavy (non-hydrogen) atoms. The van der Waals surface area contributed by atoms with Crippen molar-refractivity contribution in [2.24, 2.45) is 0 Å². The van der Waals surface area contributed by atoms with Crippen LogP contribution in [0.25, 0.3) is 5.69 Å². The molecule has 0 aliphatic carbocycles. The van der Waals surface area contributed by atoms with Crippen LogP contribution in [0, 0.1) is 13.8 Å². The number of hydrogen-bond acceptors (Lipinski definition) is 3. The van der Waals surface area contributed by atoms with Crippen LogP contribution in [0.2, 0.25) is 0 Å². The molecule has 110 valence electrons. The first-order chi connectivity index (χ1) is 10.1. The van der Waals surface area contributed by atoms with Crippen molar-refractivity contribution >= 4 is 5.91 Å². The Labute approximate surface area is 124 Å². The zero-order valence-electron chi connectivity index (χ0n) is 12.4. The molecule has 0 saturated carbocycles. The van der Waals surface area contributed by atoms with Crippen molar-refractivity contribution in [2.75, 3.05) is 26.3 Å². The predicted octanol–water partition coefficient (Wildman–Crippen LogP) is 1.96. The molecule has 1 aliphatic rings. The van der Waals surface area contributed by atoms with Crippen molar-refractivity contribution in [3.05, 3.63) is 47.3 Å². The average Bonchev–Trinajstić information content (AvgIpc) is 2.86. The van der Waals surface area contributed by atoms with E-state index in [9.17, 15) is 4.79 Å². The number of hydrogen-bond donors (Lipinski definition) is 0. The molecule has 1 aromatic heterocycles. The van der Waals surface area contributed by atoms with Crippen molar-refractivity contribution in [3.8, 4) is 5.69 Å². The van der Waals surface area contributed by atoms with Gasteiger partial charge in [0.25, 0.3) is 5.91 Å². The van der Waals surface area contributed by atoms with Crippen molar-refractivity contribution in [3.63, 3.8) is 0 Å². The first-order valence-electron chi connectivity index (χ1n) is 7.16. The van der Waals surface area contributed by atoms with Crippen molar-refractivity contribution < 1.29 is 9.53 Å². The topological polar surface area (TPSA) is 47.4 Å². The molecule has 5 nitrogen and oxygen atoms in total. The van der Waals surface area contributed by atoms with Crippen LogP contribution in [-0.2, 0) is 4.74 Å². The first-order valence-corrected chi connectivity index (χ1v) is 7.16. The zero-order valence-corrected chi connectivity index (χ0v) is 12.4. The minimum Gasteiger partial charge on any atom is -0.378 e. The third-order valence-electron chi connectivity index (χ3n) is 3.65. The van der Waals surface area contributed by atoms with E-state index in [1.165, 1.54) is 0 Å². The van der Waals surface area contributed by atoms with Crippen LogP contribution < -0.4 is 0 Å². The van der Waals surface area contributed by atoms with E-state index in [2.05, 4.69) is 5.10 Å². The molecule has 1 aromatic carbocycles. The molecule has 0 N–H and O–H groups in total. The standard InChI is InChI=1S/C16H19N3O2/c1-12-10-13(2)19(17-12)15-5-3-4-14(11-15)16(20)18-6-8-21-9-7-18/h3-5,10-11H,6-9H2,1-2H3. The van der Waals surface area contributed by atoms with E-state index in [4.69, 9.17) is 4.74 Å². The lowest BCUT2D eigenvalue weighted by Crippen LogP contribution is -2.40. The third-order valence-corrected chi connectivity index (χ3v) is 3.65. The van der Waals surface area contributed by atoms with Crippen LogP contribution in [0.3, 0.4) is 0 Å². The number of nitrogens with zero attached hydrogens (tertiary/aromatic N) is 3. The molecule has 1 amide bonds. The second-order valence-electron chi connectivity index (χ2n) is 5.29. The number of amides is 1. The maximum absolute atomic E-state index is 12.5. The number of carbonyl (C=O) groups is 1. The van der Waals surface area contributed by atoms with Crippen LogP contribution in [0.5, 0.6) is 0 Å². The number of aryl methyl sites for hydroxylation is 2. The molecule has 2 aromatic rings. The summed E-state index contributed by atoms with van der Waals surface area (Å²) in [5.41, 5.74) is 3.64. The molecule has 5 heteroatoms. The fourth-order valence-corrected chi connectivity index (χ4v) is 2.61. The highest BCUT2D eigenvalue weighted by Crippen LogP contribution is 2.15. The maximum atomic E-state index is 12.5. The molecule has 0 radical (unpaired) electrons. The lowest BCUT2D eigenvalue weighted by atomic mass is 10.1. The molecule has 0 spiro atoms. The van der Waals surface area contributed by atoms with E-state index in [1.807, 2.05) is 53.8 Å². The summed E-state index contributed by atoms with van der Waals surface area (Å²) in [5.74, 6) is 0.0571. The minimum absolute atomic E-state index is 0.0571. The number of rotatable bonds is 2. The van der Waals surface area contributed by atoms with Gasteiger partial charge in [-0.15, -0.1) is 0 Å². The Morgan fingerprint density at radius 2 is 1.95 bits per heavy atom. The SMILES string of the molecule is Cc1cc(C)n(-c2cccc(C(=O)N3CCOCC3)c2)n1. The van der Waals surface area contributed by atoms with Crippen LogP contribution in [0.15, 0.2) is 30.3 Å². The number of benzene rings is 1. The molecule has 1 saturated heterocycles. The second kappa shape index (κ2) is 5.69. The van der Waals surface area contributed by atoms with Gasteiger partial charge in [0.15, 0.2) is 0 Å². The summed E-state index contributed by atoms with van der Waals surface area (Å²) in [7, 11) is 0. The van der Waals surface area contributed by atoms with E-state index in [1.54, 1.807) is 0 Å². The number of morpholine rings is 1. The van der Waals surface area contributed by atoms with Gasteiger partial charge in [-0.05, 0) is 38.1 Å².